The van der Waals surface area contributed by atoms with Gasteiger partial charge >= 0.3 is 5.97 Å². The molecule has 170 valence electrons. The molecule has 0 atom stereocenters. The van der Waals surface area contributed by atoms with Crippen LogP contribution >= 0.6 is 0 Å². The first-order valence-corrected chi connectivity index (χ1v) is 12.0. The normalized spacial score (nSPS) is 13.7. The highest BCUT2D eigenvalue weighted by atomic mass is 16.5. The largest absolute Gasteiger partial charge is 0.463 e. The summed E-state index contributed by atoms with van der Waals surface area (Å²) in [7, 11) is 0. The maximum atomic E-state index is 12.1. The molecule has 0 fully saturated rings. The summed E-state index contributed by atoms with van der Waals surface area (Å²) >= 11 is 0. The van der Waals surface area contributed by atoms with Crippen LogP contribution in [-0.4, -0.2) is 19.1 Å². The van der Waals surface area contributed by atoms with E-state index in [-0.39, 0.29) is 5.97 Å². The number of allylic oxidation sites excluding steroid dienone is 1. The van der Waals surface area contributed by atoms with E-state index in [2.05, 4.69) is 90.2 Å². The van der Waals surface area contributed by atoms with Gasteiger partial charge in [0.2, 0.25) is 0 Å². The van der Waals surface area contributed by atoms with Crippen molar-refractivity contribution < 1.29 is 9.53 Å². The SMILES string of the molecule is CCOC(=O)C=C1CCc2c1ccc(NCCc1ccccc1)c2-c1ccc2ccccc2c1. The molecule has 3 nitrogen and oxygen atoms in total. The van der Waals surface area contributed by atoms with Gasteiger partial charge in [0, 0.05) is 23.9 Å². The summed E-state index contributed by atoms with van der Waals surface area (Å²) in [5.74, 6) is -0.261. The van der Waals surface area contributed by atoms with Crippen LogP contribution in [0.25, 0.3) is 27.5 Å². The van der Waals surface area contributed by atoms with Gasteiger partial charge in [-0.05, 0) is 76.9 Å². The lowest BCUT2D eigenvalue weighted by molar-refractivity contribution is -0.137. The standard InChI is InChI=1S/C31H29NO2/c1-2-34-30(33)21-25-14-15-28-27(25)16-17-29(32-19-18-22-8-4-3-5-9-22)31(28)26-13-12-23-10-6-7-11-24(23)20-26/h3-13,16-17,20-21,32H,2,14-15,18-19H2,1H3. The Morgan fingerprint density at radius 3 is 2.53 bits per heavy atom. The van der Waals surface area contributed by atoms with Crippen molar-refractivity contribution in [2.45, 2.75) is 26.2 Å². The summed E-state index contributed by atoms with van der Waals surface area (Å²) in [6.45, 7) is 3.08. The number of hydrogen-bond acceptors (Lipinski definition) is 3. The van der Waals surface area contributed by atoms with Gasteiger partial charge in [-0.2, -0.15) is 0 Å². The Balaban J connectivity index is 1.54. The summed E-state index contributed by atoms with van der Waals surface area (Å²) in [4.78, 5) is 12.1. The highest BCUT2D eigenvalue weighted by Gasteiger charge is 2.23. The van der Waals surface area contributed by atoms with Gasteiger partial charge in [-0.1, -0.05) is 72.8 Å². The highest BCUT2D eigenvalue weighted by molar-refractivity contribution is 5.97. The summed E-state index contributed by atoms with van der Waals surface area (Å²) in [6, 6.07) is 30.0. The molecule has 4 aromatic rings. The van der Waals surface area contributed by atoms with Gasteiger partial charge in [0.15, 0.2) is 0 Å². The summed E-state index contributed by atoms with van der Waals surface area (Å²) in [5, 5.41) is 6.17. The van der Waals surface area contributed by atoms with Crippen LogP contribution in [0.5, 0.6) is 0 Å². The van der Waals surface area contributed by atoms with Crippen molar-refractivity contribution in [1.29, 1.82) is 0 Å². The third-order valence-corrected chi connectivity index (χ3v) is 6.49. The Hall–Kier alpha value is -3.85. The molecule has 0 saturated carbocycles. The Morgan fingerprint density at radius 1 is 0.912 bits per heavy atom. The van der Waals surface area contributed by atoms with Crippen molar-refractivity contribution in [3.63, 3.8) is 0 Å². The van der Waals surface area contributed by atoms with Crippen LogP contribution in [0.1, 0.15) is 30.0 Å². The second-order valence-electron chi connectivity index (χ2n) is 8.66. The number of ether oxygens (including phenoxy) is 1. The second-order valence-corrected chi connectivity index (χ2v) is 8.66. The zero-order valence-corrected chi connectivity index (χ0v) is 19.5. The monoisotopic (exact) mass is 447 g/mol. The van der Waals surface area contributed by atoms with Gasteiger partial charge in [-0.25, -0.2) is 4.79 Å². The van der Waals surface area contributed by atoms with Crippen LogP contribution < -0.4 is 5.32 Å². The molecule has 0 saturated heterocycles. The Morgan fingerprint density at radius 2 is 1.71 bits per heavy atom. The van der Waals surface area contributed by atoms with Crippen LogP contribution in [0.2, 0.25) is 0 Å². The van der Waals surface area contributed by atoms with Crippen LogP contribution in [0, 0.1) is 0 Å². The van der Waals surface area contributed by atoms with E-state index < -0.39 is 0 Å². The Bertz CT molecular complexity index is 1350. The van der Waals surface area contributed by atoms with Gasteiger partial charge in [-0.3, -0.25) is 0 Å². The molecule has 1 aliphatic rings. The van der Waals surface area contributed by atoms with Crippen LogP contribution in [-0.2, 0) is 22.4 Å². The third-order valence-electron chi connectivity index (χ3n) is 6.49. The number of esters is 1. The fraction of sp³-hybridized carbons (Fsp3) is 0.194. The minimum absolute atomic E-state index is 0.261. The topological polar surface area (TPSA) is 38.3 Å². The number of benzene rings is 4. The molecule has 4 aromatic carbocycles. The molecule has 0 radical (unpaired) electrons. The summed E-state index contributed by atoms with van der Waals surface area (Å²) < 4.78 is 5.17. The van der Waals surface area contributed by atoms with Gasteiger partial charge in [0.05, 0.1) is 6.61 Å². The molecule has 1 aliphatic carbocycles. The minimum Gasteiger partial charge on any atom is -0.463 e. The zero-order chi connectivity index (χ0) is 23.3. The number of fused-ring (bicyclic) bond motifs is 2. The average molecular weight is 448 g/mol. The van der Waals surface area contributed by atoms with Crippen molar-refractivity contribution in [3.05, 3.63) is 108 Å². The lowest BCUT2D eigenvalue weighted by Gasteiger charge is -2.18. The molecular weight excluding hydrogens is 418 g/mol. The molecule has 0 spiro atoms. The number of carbonyl (C=O) groups is 1. The highest BCUT2D eigenvalue weighted by Crippen LogP contribution is 2.43. The molecule has 0 amide bonds. The number of carbonyl (C=O) groups excluding carboxylic acids is 1. The fourth-order valence-corrected chi connectivity index (χ4v) is 4.89. The number of anilines is 1. The summed E-state index contributed by atoms with van der Waals surface area (Å²) in [6.07, 6.45) is 4.39. The van der Waals surface area contributed by atoms with E-state index in [9.17, 15) is 4.79 Å². The number of nitrogens with one attached hydrogen (secondary N) is 1. The van der Waals surface area contributed by atoms with Crippen molar-refractivity contribution in [1.82, 2.24) is 0 Å². The lowest BCUT2D eigenvalue weighted by Crippen LogP contribution is -2.07. The smallest absolute Gasteiger partial charge is 0.331 e. The Kier molecular flexibility index (Phi) is 6.44. The predicted octanol–water partition coefficient (Wildman–Crippen LogP) is 7.05. The maximum absolute atomic E-state index is 12.1. The van der Waals surface area contributed by atoms with E-state index in [4.69, 9.17) is 4.74 Å². The van der Waals surface area contributed by atoms with Crippen LogP contribution in [0.15, 0.2) is 91.0 Å². The van der Waals surface area contributed by atoms with E-state index in [0.717, 1.165) is 42.6 Å². The van der Waals surface area contributed by atoms with Crippen molar-refractivity contribution in [3.8, 4) is 11.1 Å². The second kappa shape index (κ2) is 9.96. The molecule has 1 N–H and O–H groups in total. The van der Waals surface area contributed by atoms with E-state index in [0.29, 0.717) is 6.61 Å². The maximum Gasteiger partial charge on any atom is 0.331 e. The first-order chi connectivity index (χ1) is 16.7. The van der Waals surface area contributed by atoms with Gasteiger partial charge in [0.1, 0.15) is 0 Å². The molecule has 0 bridgehead atoms. The van der Waals surface area contributed by atoms with Crippen molar-refractivity contribution in [2.75, 3.05) is 18.5 Å². The molecule has 5 rings (SSSR count). The van der Waals surface area contributed by atoms with E-state index in [1.165, 1.54) is 33.0 Å². The number of hydrogen-bond donors (Lipinski definition) is 1. The van der Waals surface area contributed by atoms with Gasteiger partial charge in [-0.15, -0.1) is 0 Å². The van der Waals surface area contributed by atoms with E-state index >= 15 is 0 Å². The molecule has 0 aromatic heterocycles. The first kappa shape index (κ1) is 22.0. The average Bonchev–Trinajstić information content (AvgIpc) is 3.27. The molecule has 0 unspecified atom stereocenters. The van der Waals surface area contributed by atoms with Crippen LogP contribution in [0.4, 0.5) is 5.69 Å². The van der Waals surface area contributed by atoms with Crippen molar-refractivity contribution in [2.24, 2.45) is 0 Å². The van der Waals surface area contributed by atoms with E-state index in [1.807, 2.05) is 6.92 Å². The quantitative estimate of drug-likeness (QED) is 0.244. The summed E-state index contributed by atoms with van der Waals surface area (Å²) in [5.41, 5.74) is 8.43. The first-order valence-electron chi connectivity index (χ1n) is 12.0. The van der Waals surface area contributed by atoms with Crippen LogP contribution in [0.3, 0.4) is 0 Å². The molecule has 0 aliphatic heterocycles. The van der Waals surface area contributed by atoms with Gasteiger partial charge < -0.3 is 10.1 Å². The zero-order valence-electron chi connectivity index (χ0n) is 19.5. The van der Waals surface area contributed by atoms with Gasteiger partial charge in [0.25, 0.3) is 0 Å². The van der Waals surface area contributed by atoms with Crippen molar-refractivity contribution >= 4 is 28.0 Å². The number of rotatable bonds is 7. The molecular formula is C31H29NO2. The third kappa shape index (κ3) is 4.60. The molecule has 0 heterocycles. The lowest BCUT2D eigenvalue weighted by atomic mass is 9.92. The predicted molar refractivity (Wildman–Crippen MR) is 141 cm³/mol. The molecule has 3 heteroatoms. The minimum atomic E-state index is -0.261. The Labute approximate surface area is 201 Å². The fourth-order valence-electron chi connectivity index (χ4n) is 4.89. The molecule has 34 heavy (non-hydrogen) atoms. The van der Waals surface area contributed by atoms with E-state index in [1.54, 1.807) is 6.08 Å².